The maximum Gasteiger partial charge on any atom is 0.320 e. The molecule has 1 nitrogen and oxygen atoms in total. The molecule has 0 rings (SSSR count). The molecule has 0 atom stereocenters. The number of halogens is 1. The van der Waals surface area contributed by atoms with Gasteiger partial charge in [-0.05, 0) is 26.8 Å². The lowest BCUT2D eigenvalue weighted by Crippen LogP contribution is -2.28. The average Bonchev–Trinajstić information content (AvgIpc) is 1.59. The average molecular weight is 178 g/mol. The lowest BCUT2D eigenvalue weighted by molar-refractivity contribution is 0.118. The Morgan fingerprint density at radius 2 is 2.20 bits per heavy atom. The van der Waals surface area contributed by atoms with Gasteiger partial charge in [-0.25, -0.2) is 0 Å². The zero-order valence-electron chi connectivity index (χ0n) is 6.78. The fraction of sp³-hybridized carbons (Fsp3) is 0.714. The predicted octanol–water partition coefficient (Wildman–Crippen LogP) is 2.71. The predicted molar refractivity (Wildman–Crippen MR) is 47.4 cm³/mol. The molecule has 3 heteroatoms. The summed E-state index contributed by atoms with van der Waals surface area (Å²) in [5.41, 5.74) is -0.132. The Kier molecular flexibility index (Phi) is 4.25. The van der Waals surface area contributed by atoms with Crippen LogP contribution in [-0.4, -0.2) is 14.0 Å². The normalized spacial score (nSPS) is 12.1. The van der Waals surface area contributed by atoms with Gasteiger partial charge in [0.2, 0.25) is 0 Å². The molecule has 0 fully saturated rings. The van der Waals surface area contributed by atoms with E-state index in [0.29, 0.717) is 0 Å². The Balaban J connectivity index is 3.73. The van der Waals surface area contributed by atoms with Crippen molar-refractivity contribution in [3.05, 3.63) is 12.7 Å². The lowest BCUT2D eigenvalue weighted by atomic mass is 10.1. The van der Waals surface area contributed by atoms with Crippen molar-refractivity contribution in [3.63, 3.8) is 0 Å². The van der Waals surface area contributed by atoms with Crippen LogP contribution < -0.4 is 0 Å². The molecule has 0 aromatic heterocycles. The maximum absolute atomic E-state index is 5.74. The molecule has 0 heterocycles. The van der Waals surface area contributed by atoms with Gasteiger partial charge < -0.3 is 4.43 Å². The molecular formula is C7H14ClOSi. The Bertz CT molecular complexity index is 112. The first-order valence-electron chi connectivity index (χ1n) is 3.27. The largest absolute Gasteiger partial charge is 0.397 e. The van der Waals surface area contributed by atoms with Crippen molar-refractivity contribution in [1.29, 1.82) is 0 Å². The molecule has 0 spiro atoms. The van der Waals surface area contributed by atoms with Gasteiger partial charge in [-0.15, -0.1) is 17.7 Å². The first-order valence-corrected chi connectivity index (χ1v) is 6.19. The van der Waals surface area contributed by atoms with Crippen molar-refractivity contribution in [2.24, 2.45) is 0 Å². The van der Waals surface area contributed by atoms with Gasteiger partial charge in [0.1, 0.15) is 0 Å². The van der Waals surface area contributed by atoms with Gasteiger partial charge in [-0.2, -0.15) is 0 Å². The highest BCUT2D eigenvalue weighted by molar-refractivity contribution is 7.02. The Morgan fingerprint density at radius 1 is 1.70 bits per heavy atom. The molecule has 1 radical (unpaired) electrons. The summed E-state index contributed by atoms with van der Waals surface area (Å²) in [6.07, 6.45) is 2.70. The maximum atomic E-state index is 5.74. The van der Waals surface area contributed by atoms with E-state index >= 15 is 0 Å². The van der Waals surface area contributed by atoms with E-state index in [1.165, 1.54) is 0 Å². The number of rotatable bonds is 4. The van der Waals surface area contributed by atoms with Crippen LogP contribution in [0.1, 0.15) is 20.3 Å². The molecule has 0 aromatic rings. The van der Waals surface area contributed by atoms with E-state index in [-0.39, 0.29) is 5.60 Å². The van der Waals surface area contributed by atoms with E-state index in [2.05, 4.69) is 6.58 Å². The second kappa shape index (κ2) is 4.16. The van der Waals surface area contributed by atoms with Crippen molar-refractivity contribution < 1.29 is 4.43 Å². The van der Waals surface area contributed by atoms with Gasteiger partial charge in [0.15, 0.2) is 0 Å². The van der Waals surface area contributed by atoms with Crippen molar-refractivity contribution in [1.82, 2.24) is 0 Å². The van der Waals surface area contributed by atoms with Gasteiger partial charge in [0, 0.05) is 0 Å². The summed E-state index contributed by atoms with van der Waals surface area (Å²) in [5.74, 6) is 0. The molecule has 0 aliphatic carbocycles. The van der Waals surface area contributed by atoms with Crippen LogP contribution >= 0.6 is 11.1 Å². The second-order valence-corrected chi connectivity index (χ2v) is 5.57. The summed E-state index contributed by atoms with van der Waals surface area (Å²) < 4.78 is 5.47. The van der Waals surface area contributed by atoms with Crippen LogP contribution in [0.2, 0.25) is 6.55 Å². The minimum Gasteiger partial charge on any atom is -0.397 e. The van der Waals surface area contributed by atoms with Crippen molar-refractivity contribution in [2.45, 2.75) is 32.4 Å². The second-order valence-electron chi connectivity index (χ2n) is 2.82. The summed E-state index contributed by atoms with van der Waals surface area (Å²) in [7, 11) is -1.09. The monoisotopic (exact) mass is 177 g/mol. The fourth-order valence-electron chi connectivity index (χ4n) is 0.770. The zero-order chi connectivity index (χ0) is 8.20. The highest BCUT2D eigenvalue weighted by Gasteiger charge is 2.19. The summed E-state index contributed by atoms with van der Waals surface area (Å²) >= 11 is 5.74. The van der Waals surface area contributed by atoms with Gasteiger partial charge in [-0.1, -0.05) is 6.08 Å². The molecule has 0 unspecified atom stereocenters. The third-order valence-corrected chi connectivity index (χ3v) is 2.12. The van der Waals surface area contributed by atoms with E-state index in [1.807, 2.05) is 26.5 Å². The number of hydrogen-bond donors (Lipinski definition) is 0. The van der Waals surface area contributed by atoms with E-state index in [1.54, 1.807) is 0 Å². The minimum absolute atomic E-state index is 0.132. The summed E-state index contributed by atoms with van der Waals surface area (Å²) in [4.78, 5) is 0. The van der Waals surface area contributed by atoms with Crippen LogP contribution in [0.4, 0.5) is 0 Å². The van der Waals surface area contributed by atoms with Crippen LogP contribution in [0, 0.1) is 0 Å². The van der Waals surface area contributed by atoms with Crippen LogP contribution in [0.15, 0.2) is 12.7 Å². The van der Waals surface area contributed by atoms with Gasteiger partial charge >= 0.3 is 8.35 Å². The molecule has 0 amide bonds. The van der Waals surface area contributed by atoms with E-state index in [4.69, 9.17) is 15.5 Å². The van der Waals surface area contributed by atoms with Crippen molar-refractivity contribution in [2.75, 3.05) is 0 Å². The van der Waals surface area contributed by atoms with E-state index in [0.717, 1.165) is 6.42 Å². The highest BCUT2D eigenvalue weighted by atomic mass is 35.6. The minimum atomic E-state index is -1.09. The molecule has 0 N–H and O–H groups in total. The smallest absolute Gasteiger partial charge is 0.320 e. The lowest BCUT2D eigenvalue weighted by Gasteiger charge is -2.24. The van der Waals surface area contributed by atoms with Gasteiger partial charge in [0.05, 0.1) is 5.60 Å². The van der Waals surface area contributed by atoms with Gasteiger partial charge in [-0.3, -0.25) is 0 Å². The molecule has 0 saturated carbocycles. The molecule has 0 saturated heterocycles. The van der Waals surface area contributed by atoms with Crippen LogP contribution in [-0.2, 0) is 4.43 Å². The van der Waals surface area contributed by atoms with E-state index < -0.39 is 8.35 Å². The standard InChI is InChI=1S/C7H14ClOSi/c1-5-6-7(2,3)9-10(4)8/h5H,1,6H2,2-4H3. The van der Waals surface area contributed by atoms with Crippen molar-refractivity contribution in [3.8, 4) is 0 Å². The third kappa shape index (κ3) is 5.03. The van der Waals surface area contributed by atoms with Crippen LogP contribution in [0.25, 0.3) is 0 Å². The first-order chi connectivity index (χ1) is 4.48. The van der Waals surface area contributed by atoms with Gasteiger partial charge in [0.25, 0.3) is 0 Å². The quantitative estimate of drug-likeness (QED) is 0.365. The first kappa shape index (κ1) is 10.2. The summed E-state index contributed by atoms with van der Waals surface area (Å²) in [6.45, 7) is 9.59. The Morgan fingerprint density at radius 3 is 2.50 bits per heavy atom. The molecule has 59 valence electrons. The topological polar surface area (TPSA) is 9.23 Å². The summed E-state index contributed by atoms with van der Waals surface area (Å²) in [6, 6.07) is 0. The molecule has 10 heavy (non-hydrogen) atoms. The zero-order valence-corrected chi connectivity index (χ0v) is 8.53. The molecular weight excluding hydrogens is 164 g/mol. The highest BCUT2D eigenvalue weighted by Crippen LogP contribution is 2.16. The van der Waals surface area contributed by atoms with Crippen LogP contribution in [0.3, 0.4) is 0 Å². The van der Waals surface area contributed by atoms with E-state index in [9.17, 15) is 0 Å². The Hall–Kier alpha value is 0.207. The fourth-order valence-corrected chi connectivity index (χ4v) is 2.24. The molecule has 0 aliphatic heterocycles. The SMILES string of the molecule is C=CCC(C)(C)O[Si](C)Cl. The Labute approximate surface area is 69.5 Å². The molecule has 0 bridgehead atoms. The third-order valence-electron chi connectivity index (χ3n) is 1.05. The molecule has 0 aromatic carbocycles. The number of hydrogen-bond acceptors (Lipinski definition) is 1. The molecule has 0 aliphatic rings. The van der Waals surface area contributed by atoms with Crippen LogP contribution in [0.5, 0.6) is 0 Å². The summed E-state index contributed by atoms with van der Waals surface area (Å²) in [5, 5.41) is 0. The van der Waals surface area contributed by atoms with Crippen molar-refractivity contribution >= 4 is 19.4 Å².